The SMILES string of the molecule is Cn1nc(C(F)(F)F)cc1C1(C(F)(F)F)CC(c2ccc(C(=O)CCC(=O)NCC(F)(F)F)cc2)=NO1.Cn1nc(C(F)(F)F)cc1C1(C(F)(F)F)CC(c2ccc(C(=O)O)cc2)=NO1.NCC(=O)NCC(F)(F)F. The maximum atomic E-state index is 14.1. The van der Waals surface area contributed by atoms with Crippen molar-refractivity contribution in [3.05, 3.63) is 106 Å². The summed E-state index contributed by atoms with van der Waals surface area (Å²) in [6.45, 7) is -3.28. The number of nitrogens with zero attached hydrogens (tertiary/aromatic N) is 6. The van der Waals surface area contributed by atoms with Crippen molar-refractivity contribution in [2.45, 2.75) is 73.9 Å². The van der Waals surface area contributed by atoms with E-state index >= 15 is 0 Å². The third-order valence-corrected chi connectivity index (χ3v) is 10.3. The molecule has 2 aliphatic heterocycles. The van der Waals surface area contributed by atoms with E-state index < -0.39 is 140 Å². The number of aromatic carboxylic acids is 1. The van der Waals surface area contributed by atoms with Gasteiger partial charge in [0.2, 0.25) is 11.8 Å². The molecule has 0 aliphatic carbocycles. The summed E-state index contributed by atoms with van der Waals surface area (Å²) in [6, 6.07) is 10.2. The second kappa shape index (κ2) is 22.2. The van der Waals surface area contributed by atoms with Crippen LogP contribution in [0, 0.1) is 0 Å². The van der Waals surface area contributed by atoms with Crippen molar-refractivity contribution in [3.8, 4) is 0 Å². The van der Waals surface area contributed by atoms with Crippen molar-refractivity contribution in [2.24, 2.45) is 30.1 Å². The van der Waals surface area contributed by atoms with Crippen LogP contribution in [0.1, 0.15) is 80.3 Å². The number of hydrogen-bond donors (Lipinski definition) is 4. The number of aromatic nitrogens is 4. The number of hydrogen-bond acceptors (Lipinski definition) is 11. The number of oxime groups is 2. The van der Waals surface area contributed by atoms with Gasteiger partial charge in [-0.05, 0) is 35.4 Å². The molecule has 2 aliphatic rings. The average Bonchev–Trinajstić information content (AvgIpc) is 4.12. The van der Waals surface area contributed by atoms with Gasteiger partial charge in [0, 0.05) is 32.5 Å². The zero-order valence-corrected chi connectivity index (χ0v) is 37.7. The number of ketones is 1. The van der Waals surface area contributed by atoms with Crippen molar-refractivity contribution in [1.29, 1.82) is 0 Å². The fourth-order valence-electron chi connectivity index (χ4n) is 6.60. The molecule has 4 heterocycles. The first-order valence-corrected chi connectivity index (χ1v) is 20.4. The molecular formula is C41H35F18N9O7. The van der Waals surface area contributed by atoms with E-state index in [0.29, 0.717) is 9.36 Å². The van der Waals surface area contributed by atoms with E-state index in [1.54, 1.807) is 10.6 Å². The lowest BCUT2D eigenvalue weighted by molar-refractivity contribution is -0.278. The zero-order chi connectivity index (χ0) is 56.9. The van der Waals surface area contributed by atoms with Crippen molar-refractivity contribution in [1.82, 2.24) is 30.2 Å². The summed E-state index contributed by atoms with van der Waals surface area (Å²) in [6.07, 6.45) is -32.0. The standard InChI is InChI=1S/C21H17F9N4O3.C16H11F6N3O3.C4H7F3N2O/c1-34-16(8-15(32-34)20(25,26)27)18(21(28,29)30)9-13(33-37-18)11-2-4-12(5-3-11)14(35)6-7-17(36)31-10-19(22,23)24;1-25-12(6-11(23-25)15(17,18)19)14(16(20,21)22)7-10(24-28-14)8-2-4-9(5-3-8)13(26)27;5-4(6,7)2-9-3(10)1-8/h2-5,8H,6-7,9-10H2,1H3,(H,31,36);2-6H,7H2,1H3,(H,26,27);1-2,8H2,(H,9,10). The number of benzene rings is 2. The van der Waals surface area contributed by atoms with Gasteiger partial charge in [0.05, 0.1) is 47.8 Å². The van der Waals surface area contributed by atoms with Gasteiger partial charge in [0.1, 0.15) is 13.1 Å². The highest BCUT2D eigenvalue weighted by atomic mass is 19.4. The second-order valence-electron chi connectivity index (χ2n) is 15.7. The van der Waals surface area contributed by atoms with Crippen LogP contribution in [0.4, 0.5) is 79.0 Å². The van der Waals surface area contributed by atoms with Crippen molar-refractivity contribution >= 4 is 35.0 Å². The molecule has 0 radical (unpaired) electrons. The molecule has 5 N–H and O–H groups in total. The molecule has 2 aromatic heterocycles. The van der Waals surface area contributed by atoms with E-state index in [0.717, 1.165) is 14.1 Å². The lowest BCUT2D eigenvalue weighted by Crippen LogP contribution is -2.44. The third kappa shape index (κ3) is 15.1. The molecule has 4 aromatic rings. The maximum absolute atomic E-state index is 14.1. The lowest BCUT2D eigenvalue weighted by Gasteiger charge is -2.28. The molecular weight excluding hydrogens is 1070 g/mol. The van der Waals surface area contributed by atoms with Gasteiger partial charge in [-0.15, -0.1) is 0 Å². The Morgan fingerprint density at radius 3 is 1.25 bits per heavy atom. The van der Waals surface area contributed by atoms with Gasteiger partial charge in [0.15, 0.2) is 17.2 Å². The maximum Gasteiger partial charge on any atom is 0.437 e. The number of alkyl halides is 18. The summed E-state index contributed by atoms with van der Waals surface area (Å²) in [7, 11) is 1.85. The molecule has 412 valence electrons. The lowest BCUT2D eigenvalue weighted by atomic mass is 9.89. The number of amides is 2. The smallest absolute Gasteiger partial charge is 0.437 e. The highest BCUT2D eigenvalue weighted by molar-refractivity contribution is 6.04. The van der Waals surface area contributed by atoms with Crippen LogP contribution in [-0.2, 0) is 56.9 Å². The molecule has 34 heteroatoms. The number of nitrogens with one attached hydrogen (secondary N) is 2. The number of nitrogens with two attached hydrogens (primary N) is 1. The van der Waals surface area contributed by atoms with Crippen LogP contribution >= 0.6 is 0 Å². The minimum absolute atomic E-state index is 0.0235. The number of carbonyl (C=O) groups excluding carboxylic acids is 3. The second-order valence-corrected chi connectivity index (χ2v) is 15.7. The minimum atomic E-state index is -5.18. The van der Waals surface area contributed by atoms with Gasteiger partial charge in [-0.1, -0.05) is 46.7 Å². The van der Waals surface area contributed by atoms with Crippen LogP contribution < -0.4 is 16.4 Å². The zero-order valence-electron chi connectivity index (χ0n) is 37.7. The van der Waals surface area contributed by atoms with Crippen LogP contribution in [0.5, 0.6) is 0 Å². The Morgan fingerprint density at radius 1 is 0.587 bits per heavy atom. The first kappa shape index (κ1) is 60.1. The first-order valence-electron chi connectivity index (χ1n) is 20.4. The van der Waals surface area contributed by atoms with Gasteiger partial charge in [0.25, 0.3) is 11.2 Å². The number of carboxylic acid groups (broad SMARTS) is 1. The molecule has 0 spiro atoms. The number of Topliss-reactive ketones (excluding diaryl/α,β-unsaturated/α-hetero) is 1. The molecule has 2 aromatic carbocycles. The fourth-order valence-corrected chi connectivity index (χ4v) is 6.60. The molecule has 0 saturated carbocycles. The predicted octanol–water partition coefficient (Wildman–Crippen LogP) is 8.01. The number of halogens is 18. The van der Waals surface area contributed by atoms with E-state index in [-0.39, 0.29) is 45.8 Å². The molecule has 0 bridgehead atoms. The van der Waals surface area contributed by atoms with E-state index in [1.165, 1.54) is 48.5 Å². The summed E-state index contributed by atoms with van der Waals surface area (Å²) in [5, 5.41) is 25.1. The van der Waals surface area contributed by atoms with Gasteiger partial charge in [-0.3, -0.25) is 23.7 Å². The van der Waals surface area contributed by atoms with Gasteiger partial charge < -0.3 is 31.1 Å². The first-order chi connectivity index (χ1) is 34.2. The molecule has 16 nitrogen and oxygen atoms in total. The quantitative estimate of drug-likeness (QED) is 0.0792. The predicted molar refractivity (Wildman–Crippen MR) is 217 cm³/mol. The highest BCUT2D eigenvalue weighted by Crippen LogP contribution is 2.51. The molecule has 75 heavy (non-hydrogen) atoms. The Kier molecular flexibility index (Phi) is 17.8. The third-order valence-electron chi connectivity index (χ3n) is 10.3. The van der Waals surface area contributed by atoms with Crippen LogP contribution in [0.25, 0.3) is 0 Å². The molecule has 0 saturated heterocycles. The number of carboxylic acids is 1. The molecule has 0 fully saturated rings. The minimum Gasteiger partial charge on any atom is -0.478 e. The van der Waals surface area contributed by atoms with E-state index in [4.69, 9.17) is 15.7 Å². The summed E-state index contributed by atoms with van der Waals surface area (Å²) in [4.78, 5) is 54.0. The Bertz CT molecular complexity index is 2760. The van der Waals surface area contributed by atoms with Crippen LogP contribution in [-0.4, -0.2) is 104 Å². The summed E-state index contributed by atoms with van der Waals surface area (Å²) >= 11 is 0. The average molecular weight is 1110 g/mol. The van der Waals surface area contributed by atoms with E-state index in [9.17, 15) is 98.2 Å². The normalized spacial score (nSPS) is 18.0. The largest absolute Gasteiger partial charge is 0.478 e. The van der Waals surface area contributed by atoms with Gasteiger partial charge >= 0.3 is 43.0 Å². The van der Waals surface area contributed by atoms with Gasteiger partial charge in [-0.25, -0.2) is 4.79 Å². The molecule has 2 amide bonds. The highest BCUT2D eigenvalue weighted by Gasteiger charge is 2.65. The Morgan fingerprint density at radius 2 is 0.947 bits per heavy atom. The molecule has 2 atom stereocenters. The summed E-state index contributed by atoms with van der Waals surface area (Å²) in [5.41, 5.74) is -6.78. The van der Waals surface area contributed by atoms with E-state index in [1.807, 2.05) is 0 Å². The number of carbonyl (C=O) groups is 4. The Hall–Kier alpha value is -7.42. The summed E-state index contributed by atoms with van der Waals surface area (Å²) < 4.78 is 232. The monoisotopic (exact) mass is 1110 g/mol. The van der Waals surface area contributed by atoms with Crippen molar-refractivity contribution < 1.29 is 113 Å². The molecule has 2 unspecified atom stereocenters. The number of aryl methyl sites for hydroxylation is 2. The van der Waals surface area contributed by atoms with Crippen LogP contribution in [0.2, 0.25) is 0 Å². The molecule has 6 rings (SSSR count). The number of rotatable bonds is 12. The van der Waals surface area contributed by atoms with Crippen LogP contribution in [0.15, 0.2) is 71.0 Å². The van der Waals surface area contributed by atoms with E-state index in [2.05, 4.69) is 25.3 Å². The summed E-state index contributed by atoms with van der Waals surface area (Å²) in [5.74, 6) is -3.64. The fraction of sp³-hybridized carbons (Fsp3) is 0.415. The van der Waals surface area contributed by atoms with Crippen LogP contribution in [0.3, 0.4) is 0 Å². The Labute approximate surface area is 407 Å². The van der Waals surface area contributed by atoms with Gasteiger partial charge in [-0.2, -0.15) is 89.2 Å². The topological polar surface area (TPSA) is 217 Å². The van der Waals surface area contributed by atoms with Crippen molar-refractivity contribution in [2.75, 3.05) is 19.6 Å². The Balaban J connectivity index is 0.000000281. The van der Waals surface area contributed by atoms with Crippen molar-refractivity contribution in [3.63, 3.8) is 0 Å².